The van der Waals surface area contributed by atoms with E-state index in [4.69, 9.17) is 10.5 Å². The molecule has 1 rings (SSSR count). The summed E-state index contributed by atoms with van der Waals surface area (Å²) in [6.45, 7) is 0.270. The Morgan fingerprint density at radius 3 is 2.50 bits per heavy atom. The highest BCUT2D eigenvalue weighted by Crippen LogP contribution is 2.02. The van der Waals surface area contributed by atoms with Gasteiger partial charge in [0.25, 0.3) is 0 Å². The normalized spacial score (nSPS) is 9.75. The van der Waals surface area contributed by atoms with Gasteiger partial charge in [0.1, 0.15) is 0 Å². The van der Waals surface area contributed by atoms with E-state index in [-0.39, 0.29) is 25.4 Å². The fraction of sp³-hybridized carbons (Fsp3) is 0.364. The highest BCUT2D eigenvalue weighted by Gasteiger charge is 2.13. The first-order chi connectivity index (χ1) is 7.69. The third-order valence-corrected chi connectivity index (χ3v) is 2.19. The van der Waals surface area contributed by atoms with Gasteiger partial charge in [0.05, 0.1) is 37.5 Å². The van der Waals surface area contributed by atoms with Gasteiger partial charge in [-0.2, -0.15) is 10.5 Å². The molecule has 0 amide bonds. The first-order valence-corrected chi connectivity index (χ1v) is 4.80. The molecule has 0 radical (unpaired) electrons. The maximum atomic E-state index is 11.8. The number of carbonyl (C=O) groups excluding carboxylic acids is 1. The van der Waals surface area contributed by atoms with E-state index in [9.17, 15) is 4.79 Å². The van der Waals surface area contributed by atoms with Crippen molar-refractivity contribution in [2.75, 3.05) is 19.6 Å². The van der Waals surface area contributed by atoms with Crippen LogP contribution in [0.5, 0.6) is 0 Å². The van der Waals surface area contributed by atoms with Crippen molar-refractivity contribution in [2.45, 2.75) is 0 Å². The number of nitriles is 2. The molecule has 0 aliphatic heterocycles. The molecule has 1 aromatic heterocycles. The van der Waals surface area contributed by atoms with Crippen molar-refractivity contribution in [1.29, 1.82) is 10.5 Å². The quantitative estimate of drug-likeness (QED) is 0.532. The first-order valence-electron chi connectivity index (χ1n) is 4.80. The molecule has 0 saturated heterocycles. The number of rotatable bonds is 5. The number of carbonyl (C=O) groups is 1. The van der Waals surface area contributed by atoms with Crippen molar-refractivity contribution in [1.82, 2.24) is 9.47 Å². The second-order valence-corrected chi connectivity index (χ2v) is 3.39. The highest BCUT2D eigenvalue weighted by molar-refractivity contribution is 5.96. The third-order valence-electron chi connectivity index (χ3n) is 2.19. The lowest BCUT2D eigenvalue weighted by Crippen LogP contribution is -2.31. The maximum absolute atomic E-state index is 11.8. The summed E-state index contributed by atoms with van der Waals surface area (Å²) in [6, 6.07) is 7.37. The Kier molecular flexibility index (Phi) is 4.26. The second kappa shape index (κ2) is 5.69. The number of hydrogen-bond donors (Lipinski definition) is 0. The lowest BCUT2D eigenvalue weighted by atomic mass is 10.2. The SMILES string of the molecule is Cn1cccc1C(=O)CN(CC#N)CC#N. The van der Waals surface area contributed by atoms with Crippen LogP contribution in [0.15, 0.2) is 18.3 Å². The zero-order chi connectivity index (χ0) is 12.0. The summed E-state index contributed by atoms with van der Waals surface area (Å²) in [5, 5.41) is 17.1. The molecular formula is C11H12N4O. The topological polar surface area (TPSA) is 72.8 Å². The van der Waals surface area contributed by atoms with E-state index < -0.39 is 0 Å². The lowest BCUT2D eigenvalue weighted by Gasteiger charge is -2.13. The van der Waals surface area contributed by atoms with E-state index in [1.54, 1.807) is 29.9 Å². The largest absolute Gasteiger partial charge is 0.348 e. The van der Waals surface area contributed by atoms with Crippen molar-refractivity contribution < 1.29 is 4.79 Å². The Morgan fingerprint density at radius 1 is 1.44 bits per heavy atom. The fourth-order valence-electron chi connectivity index (χ4n) is 1.40. The number of ketones is 1. The first kappa shape index (κ1) is 12.0. The minimum absolute atomic E-state index is 0.0852. The van der Waals surface area contributed by atoms with Gasteiger partial charge < -0.3 is 4.57 Å². The van der Waals surface area contributed by atoms with Crippen LogP contribution in [0.25, 0.3) is 0 Å². The summed E-state index contributed by atoms with van der Waals surface area (Å²) in [4.78, 5) is 13.3. The number of aromatic nitrogens is 1. The summed E-state index contributed by atoms with van der Waals surface area (Å²) in [5.74, 6) is -0.0852. The summed E-state index contributed by atoms with van der Waals surface area (Å²) >= 11 is 0. The molecule has 1 heterocycles. The average Bonchev–Trinajstić information content (AvgIpc) is 2.65. The van der Waals surface area contributed by atoms with E-state index in [1.165, 1.54) is 4.90 Å². The van der Waals surface area contributed by atoms with Crippen LogP contribution in [0, 0.1) is 22.7 Å². The number of nitrogens with zero attached hydrogens (tertiary/aromatic N) is 4. The Bertz CT molecular complexity index is 433. The third kappa shape index (κ3) is 2.94. The molecule has 0 N–H and O–H groups in total. The molecule has 0 atom stereocenters. The molecule has 1 aromatic rings. The van der Waals surface area contributed by atoms with Crippen LogP contribution < -0.4 is 0 Å². The Morgan fingerprint density at radius 2 is 2.06 bits per heavy atom. The molecule has 5 heteroatoms. The van der Waals surface area contributed by atoms with Crippen LogP contribution >= 0.6 is 0 Å². The minimum Gasteiger partial charge on any atom is -0.348 e. The molecule has 16 heavy (non-hydrogen) atoms. The standard InChI is InChI=1S/C11H12N4O/c1-14-6-2-3-10(14)11(16)9-15(7-4-12)8-5-13/h2-3,6H,7-9H2,1H3. The highest BCUT2D eigenvalue weighted by atomic mass is 16.1. The Labute approximate surface area is 94.1 Å². The smallest absolute Gasteiger partial charge is 0.193 e. The van der Waals surface area contributed by atoms with Gasteiger partial charge in [0.2, 0.25) is 0 Å². The second-order valence-electron chi connectivity index (χ2n) is 3.39. The summed E-state index contributed by atoms with van der Waals surface area (Å²) < 4.78 is 1.72. The molecule has 0 bridgehead atoms. The van der Waals surface area contributed by atoms with Gasteiger partial charge in [-0.1, -0.05) is 0 Å². The number of hydrogen-bond acceptors (Lipinski definition) is 4. The van der Waals surface area contributed by atoms with E-state index >= 15 is 0 Å². The van der Waals surface area contributed by atoms with Gasteiger partial charge in [-0.05, 0) is 12.1 Å². The Balaban J connectivity index is 2.66. The number of Topliss-reactive ketones (excluding diaryl/α,β-unsaturated/α-hetero) is 1. The van der Waals surface area contributed by atoms with Gasteiger partial charge in [-0.15, -0.1) is 0 Å². The minimum atomic E-state index is -0.0852. The van der Waals surface area contributed by atoms with Crippen LogP contribution in [0.4, 0.5) is 0 Å². The van der Waals surface area contributed by atoms with Crippen molar-refractivity contribution in [3.05, 3.63) is 24.0 Å². The number of aryl methyl sites for hydroxylation is 1. The fourth-order valence-corrected chi connectivity index (χ4v) is 1.40. The lowest BCUT2D eigenvalue weighted by molar-refractivity contribution is 0.0938. The molecule has 0 fully saturated rings. The van der Waals surface area contributed by atoms with Crippen molar-refractivity contribution in [3.8, 4) is 12.1 Å². The van der Waals surface area contributed by atoms with Gasteiger partial charge >= 0.3 is 0 Å². The molecular weight excluding hydrogens is 204 g/mol. The molecule has 0 aliphatic rings. The maximum Gasteiger partial charge on any atom is 0.193 e. The van der Waals surface area contributed by atoms with Crippen LogP contribution in [-0.4, -0.2) is 34.9 Å². The molecule has 0 aromatic carbocycles. The monoisotopic (exact) mass is 216 g/mol. The van der Waals surface area contributed by atoms with E-state index in [0.29, 0.717) is 5.69 Å². The molecule has 5 nitrogen and oxygen atoms in total. The average molecular weight is 216 g/mol. The van der Waals surface area contributed by atoms with Crippen LogP contribution in [0.3, 0.4) is 0 Å². The zero-order valence-electron chi connectivity index (χ0n) is 9.05. The summed E-state index contributed by atoms with van der Waals surface area (Å²) in [6.07, 6.45) is 1.78. The van der Waals surface area contributed by atoms with E-state index in [2.05, 4.69) is 0 Å². The van der Waals surface area contributed by atoms with E-state index in [0.717, 1.165) is 0 Å². The van der Waals surface area contributed by atoms with Gasteiger partial charge in [0.15, 0.2) is 5.78 Å². The van der Waals surface area contributed by atoms with Gasteiger partial charge in [-0.25, -0.2) is 0 Å². The molecule has 82 valence electrons. The van der Waals surface area contributed by atoms with Gasteiger partial charge in [0, 0.05) is 13.2 Å². The van der Waals surface area contributed by atoms with Crippen LogP contribution in [-0.2, 0) is 7.05 Å². The Hall–Kier alpha value is -2.11. The molecule has 0 unspecified atom stereocenters. The van der Waals surface area contributed by atoms with Crippen LogP contribution in [0.1, 0.15) is 10.5 Å². The molecule has 0 aliphatic carbocycles. The van der Waals surface area contributed by atoms with Gasteiger partial charge in [-0.3, -0.25) is 9.69 Å². The van der Waals surface area contributed by atoms with Crippen molar-refractivity contribution >= 4 is 5.78 Å². The molecule has 0 saturated carbocycles. The van der Waals surface area contributed by atoms with Crippen LogP contribution in [0.2, 0.25) is 0 Å². The zero-order valence-corrected chi connectivity index (χ0v) is 9.05. The molecule has 0 spiro atoms. The van der Waals surface area contributed by atoms with E-state index in [1.807, 2.05) is 12.1 Å². The van der Waals surface area contributed by atoms with Crippen molar-refractivity contribution in [3.63, 3.8) is 0 Å². The van der Waals surface area contributed by atoms with Crippen molar-refractivity contribution in [2.24, 2.45) is 7.05 Å². The summed E-state index contributed by atoms with van der Waals surface area (Å²) in [7, 11) is 1.78. The summed E-state index contributed by atoms with van der Waals surface area (Å²) in [5.41, 5.74) is 0.584. The predicted octanol–water partition coefficient (Wildman–Crippen LogP) is 0.557. The predicted molar refractivity (Wildman–Crippen MR) is 57.4 cm³/mol.